The van der Waals surface area contributed by atoms with Crippen LogP contribution in [-0.2, 0) is 43.2 Å². The Kier molecular flexibility index (Phi) is 23.6. The van der Waals surface area contributed by atoms with Gasteiger partial charge in [0.2, 0.25) is 47.3 Å². The van der Waals surface area contributed by atoms with Crippen LogP contribution in [0.25, 0.3) is 0 Å². The first-order chi connectivity index (χ1) is 27.3. The SMILES string of the molecule is C[C@@H]1NC(=O)[C@H](CCCN=C(N)N)NC(=O)[C@H](CCCN=C(N)N)NC(=O)CNC(=O)[C@@H](N)CSSC[C@@H](C(=O)O)NC(=O)[C@H](CO)NC(=O)CNC(=O)CNC1=O. The van der Waals surface area contributed by atoms with Crippen LogP contribution in [0.15, 0.2) is 9.98 Å². The number of nitrogens with zero attached hydrogens (tertiary/aromatic N) is 2. The van der Waals surface area contributed by atoms with Gasteiger partial charge in [-0.05, 0) is 32.6 Å². The first-order valence-corrected chi connectivity index (χ1v) is 20.1. The first-order valence-electron chi connectivity index (χ1n) is 17.6. The number of aliphatic hydroxyl groups is 1. The molecule has 1 aliphatic rings. The lowest BCUT2D eigenvalue weighted by molar-refractivity contribution is -0.141. The number of carbonyl (C=O) groups excluding carboxylic acids is 8. The summed E-state index contributed by atoms with van der Waals surface area (Å²) in [4.78, 5) is 122. The molecule has 0 aromatic rings. The van der Waals surface area contributed by atoms with E-state index in [-0.39, 0.29) is 62.2 Å². The summed E-state index contributed by atoms with van der Waals surface area (Å²) in [7, 11) is 1.92. The van der Waals surface area contributed by atoms with Crippen molar-refractivity contribution in [3.8, 4) is 0 Å². The zero-order chi connectivity index (χ0) is 43.8. The molecular formula is C30H53N15O11S2. The molecule has 26 nitrogen and oxygen atoms in total. The number of amides is 8. The summed E-state index contributed by atoms with van der Waals surface area (Å²) in [6, 6.07) is -8.12. The van der Waals surface area contributed by atoms with E-state index in [1.165, 1.54) is 6.92 Å². The normalized spacial score (nSPS) is 24.5. The summed E-state index contributed by atoms with van der Waals surface area (Å²) in [6.45, 7) is -1.47. The molecule has 20 N–H and O–H groups in total. The van der Waals surface area contributed by atoms with Crippen molar-refractivity contribution in [3.63, 3.8) is 0 Å². The van der Waals surface area contributed by atoms with E-state index < -0.39 is 116 Å². The predicted molar refractivity (Wildman–Crippen MR) is 212 cm³/mol. The molecule has 0 spiro atoms. The average Bonchev–Trinajstić information content (AvgIpc) is 3.16. The molecule has 1 fully saturated rings. The smallest absolute Gasteiger partial charge is 0.327 e. The van der Waals surface area contributed by atoms with Crippen molar-refractivity contribution in [2.75, 3.05) is 50.8 Å². The molecule has 0 radical (unpaired) electrons. The molecule has 58 heavy (non-hydrogen) atoms. The molecular weight excluding hydrogens is 811 g/mol. The summed E-state index contributed by atoms with van der Waals surface area (Å²) >= 11 is 0. The Balaban J connectivity index is 3.31. The molecule has 0 aromatic carbocycles. The fourth-order valence-corrected chi connectivity index (χ4v) is 6.78. The van der Waals surface area contributed by atoms with E-state index in [1.54, 1.807) is 0 Å². The summed E-state index contributed by atoms with van der Waals surface area (Å²) in [5.74, 6) is -9.08. The molecule has 0 saturated carbocycles. The molecule has 8 amide bonds. The first kappa shape index (κ1) is 50.4. The summed E-state index contributed by atoms with van der Waals surface area (Å²) in [6.07, 6.45) is 0.299. The molecule has 0 unspecified atom stereocenters. The Morgan fingerprint density at radius 1 is 0.638 bits per heavy atom. The lowest BCUT2D eigenvalue weighted by Gasteiger charge is -2.24. The quantitative estimate of drug-likeness (QED) is 0.0420. The van der Waals surface area contributed by atoms with Crippen molar-refractivity contribution in [1.82, 2.24) is 42.5 Å². The average molecular weight is 864 g/mol. The maximum atomic E-state index is 13.6. The zero-order valence-electron chi connectivity index (χ0n) is 31.6. The maximum Gasteiger partial charge on any atom is 0.327 e. The van der Waals surface area contributed by atoms with Crippen LogP contribution in [0, 0.1) is 0 Å². The zero-order valence-corrected chi connectivity index (χ0v) is 33.2. The summed E-state index contributed by atoms with van der Waals surface area (Å²) in [5, 5.41) is 37.8. The van der Waals surface area contributed by atoms with Gasteiger partial charge in [0.25, 0.3) is 0 Å². The molecule has 326 valence electrons. The monoisotopic (exact) mass is 863 g/mol. The number of carboxylic acid groups (broad SMARTS) is 1. The molecule has 1 heterocycles. The lowest BCUT2D eigenvalue weighted by Crippen LogP contribution is -2.57. The van der Waals surface area contributed by atoms with Crippen LogP contribution in [0.5, 0.6) is 0 Å². The van der Waals surface area contributed by atoms with E-state index in [9.17, 15) is 53.4 Å². The Hall–Kier alpha value is -5.61. The van der Waals surface area contributed by atoms with Gasteiger partial charge in [-0.2, -0.15) is 0 Å². The van der Waals surface area contributed by atoms with Crippen LogP contribution < -0.4 is 71.2 Å². The minimum atomic E-state index is -1.60. The highest BCUT2D eigenvalue weighted by Crippen LogP contribution is 2.22. The number of nitrogens with two attached hydrogens (primary N) is 5. The van der Waals surface area contributed by atoms with Gasteiger partial charge in [0.05, 0.1) is 32.3 Å². The second-order valence-electron chi connectivity index (χ2n) is 12.4. The minimum Gasteiger partial charge on any atom is -0.480 e. The van der Waals surface area contributed by atoms with Gasteiger partial charge in [0.1, 0.15) is 30.2 Å². The molecule has 28 heteroatoms. The molecule has 1 aliphatic heterocycles. The number of rotatable bonds is 10. The van der Waals surface area contributed by atoms with Crippen molar-refractivity contribution >= 4 is 86.7 Å². The van der Waals surface area contributed by atoms with Crippen LogP contribution in [0.2, 0.25) is 0 Å². The lowest BCUT2D eigenvalue weighted by atomic mass is 10.1. The van der Waals surface area contributed by atoms with Gasteiger partial charge in [-0.15, -0.1) is 0 Å². The van der Waals surface area contributed by atoms with E-state index in [0.29, 0.717) is 0 Å². The predicted octanol–water partition coefficient (Wildman–Crippen LogP) is -8.31. The van der Waals surface area contributed by atoms with Crippen molar-refractivity contribution in [2.45, 2.75) is 68.9 Å². The van der Waals surface area contributed by atoms with Gasteiger partial charge in [0.15, 0.2) is 11.9 Å². The number of nitrogens with one attached hydrogen (secondary N) is 8. The summed E-state index contributed by atoms with van der Waals surface area (Å²) < 4.78 is 0. The molecule has 6 atom stereocenters. The number of hydrogen-bond donors (Lipinski definition) is 15. The number of carbonyl (C=O) groups is 9. The van der Waals surface area contributed by atoms with Crippen LogP contribution >= 0.6 is 21.6 Å². The number of carboxylic acids is 1. The standard InChI is InChI=1S/C30H53N15O11S2/c1-14-23(50)39-8-20(47)38-9-21(48)43-18(11-46)27(54)45-19(28(55)56)13-58-57-12-15(31)24(51)40-10-22(49)42-16(4-2-6-36-29(32)33)26(53)44-17(25(52)41-14)5-3-7-37-30(34)35/h14-19,46H,2-13,31H2,1H3,(H,38,47)(H,39,50)(H,40,51)(H,41,52)(H,42,49)(H,43,48)(H,44,53)(H,45,54)(H,55,56)(H4,32,33,36)(H4,34,35,37)/t14-,15-,16-,17-,18-,19-/m0/s1. The highest BCUT2D eigenvalue weighted by atomic mass is 33.1. The van der Waals surface area contributed by atoms with Gasteiger partial charge in [-0.3, -0.25) is 48.3 Å². The Morgan fingerprint density at radius 2 is 1.10 bits per heavy atom. The third-order valence-electron chi connectivity index (χ3n) is 7.57. The second-order valence-corrected chi connectivity index (χ2v) is 15.0. The van der Waals surface area contributed by atoms with Gasteiger partial charge in [-0.1, -0.05) is 21.6 Å². The fourth-order valence-electron chi connectivity index (χ4n) is 4.50. The van der Waals surface area contributed by atoms with Gasteiger partial charge < -0.3 is 81.4 Å². The molecule has 0 aromatic heterocycles. The summed E-state index contributed by atoms with van der Waals surface area (Å²) in [5.41, 5.74) is 27.4. The van der Waals surface area contributed by atoms with Crippen LogP contribution in [0.3, 0.4) is 0 Å². The highest BCUT2D eigenvalue weighted by molar-refractivity contribution is 8.76. The largest absolute Gasteiger partial charge is 0.480 e. The number of aliphatic carboxylic acids is 1. The maximum absolute atomic E-state index is 13.6. The second kappa shape index (κ2) is 27.1. The molecule has 0 bridgehead atoms. The van der Waals surface area contributed by atoms with E-state index in [2.05, 4.69) is 52.5 Å². The van der Waals surface area contributed by atoms with E-state index >= 15 is 0 Å². The highest BCUT2D eigenvalue weighted by Gasteiger charge is 2.30. The van der Waals surface area contributed by atoms with Gasteiger partial charge in [0, 0.05) is 24.6 Å². The molecule has 0 aliphatic carbocycles. The van der Waals surface area contributed by atoms with Crippen molar-refractivity contribution < 1.29 is 53.4 Å². The van der Waals surface area contributed by atoms with Crippen LogP contribution in [0.4, 0.5) is 0 Å². The number of aliphatic hydroxyl groups excluding tert-OH is 1. The third kappa shape index (κ3) is 21.1. The van der Waals surface area contributed by atoms with E-state index in [4.69, 9.17) is 28.7 Å². The Morgan fingerprint density at radius 3 is 1.66 bits per heavy atom. The Bertz CT molecular complexity index is 1530. The third-order valence-corrected chi connectivity index (χ3v) is 10.0. The van der Waals surface area contributed by atoms with Crippen molar-refractivity contribution in [1.29, 1.82) is 0 Å². The van der Waals surface area contributed by atoms with Gasteiger partial charge in [-0.25, -0.2) is 4.79 Å². The number of guanidine groups is 2. The van der Waals surface area contributed by atoms with Crippen LogP contribution in [-0.4, -0.2) is 162 Å². The van der Waals surface area contributed by atoms with Crippen LogP contribution in [0.1, 0.15) is 32.6 Å². The molecule has 1 rings (SSSR count). The number of hydrogen-bond acceptors (Lipinski definition) is 15. The molecule has 1 saturated heterocycles. The minimum absolute atomic E-state index is 0.0288. The topological polar surface area (TPSA) is 445 Å². The Labute approximate surface area is 340 Å². The van der Waals surface area contributed by atoms with Crippen molar-refractivity contribution in [3.05, 3.63) is 0 Å². The van der Waals surface area contributed by atoms with E-state index in [0.717, 1.165) is 21.6 Å². The van der Waals surface area contributed by atoms with Crippen molar-refractivity contribution in [2.24, 2.45) is 38.7 Å². The van der Waals surface area contributed by atoms with Gasteiger partial charge >= 0.3 is 5.97 Å². The number of aliphatic imine (C=N–C) groups is 2. The fraction of sp³-hybridized carbons (Fsp3) is 0.633. The van der Waals surface area contributed by atoms with E-state index in [1.807, 2.05) is 0 Å².